The molecule has 3 aliphatic rings. The van der Waals surface area contributed by atoms with Crippen molar-refractivity contribution in [1.82, 2.24) is 24.8 Å². The number of halogens is 3. The molecule has 3 aromatic rings. The third-order valence-corrected chi connectivity index (χ3v) is 8.37. The van der Waals surface area contributed by atoms with Gasteiger partial charge in [-0.1, -0.05) is 17.7 Å². The summed E-state index contributed by atoms with van der Waals surface area (Å²) in [4.78, 5) is 34.3. The van der Waals surface area contributed by atoms with Crippen LogP contribution in [0.15, 0.2) is 18.3 Å². The van der Waals surface area contributed by atoms with Crippen molar-refractivity contribution in [3.8, 4) is 11.9 Å². The second-order valence-corrected chi connectivity index (χ2v) is 12.6. The fraction of sp³-hybridized carbons (Fsp3) is 0.552. The molecule has 1 N–H and O–H groups in total. The van der Waals surface area contributed by atoms with Gasteiger partial charge in [0, 0.05) is 24.7 Å². The van der Waals surface area contributed by atoms with Crippen LogP contribution in [0.25, 0.3) is 10.9 Å². The molecule has 6 heterocycles. The van der Waals surface area contributed by atoms with Crippen LogP contribution >= 0.6 is 11.6 Å². The predicted octanol–water partition coefficient (Wildman–Crippen LogP) is 5.47. The number of pyridine rings is 2. The van der Waals surface area contributed by atoms with Gasteiger partial charge in [-0.05, 0) is 53.1 Å². The van der Waals surface area contributed by atoms with Gasteiger partial charge in [-0.15, -0.1) is 0 Å². The van der Waals surface area contributed by atoms with Crippen molar-refractivity contribution in [3.63, 3.8) is 0 Å². The van der Waals surface area contributed by atoms with E-state index in [0.717, 1.165) is 19.4 Å². The number of nitrogens with zero attached hydrogens (tertiary/aromatic N) is 6. The summed E-state index contributed by atoms with van der Waals surface area (Å²) in [5.41, 5.74) is -0.576. The van der Waals surface area contributed by atoms with Gasteiger partial charge >= 0.3 is 12.1 Å². The molecule has 230 valence electrons. The first-order chi connectivity index (χ1) is 20.4. The van der Waals surface area contributed by atoms with Crippen LogP contribution in [0.3, 0.4) is 0 Å². The van der Waals surface area contributed by atoms with E-state index in [9.17, 15) is 9.18 Å². The Balaban J connectivity index is 1.38. The molecule has 3 atom stereocenters. The van der Waals surface area contributed by atoms with Gasteiger partial charge < -0.3 is 19.1 Å². The second-order valence-electron chi connectivity index (χ2n) is 12.2. The normalized spacial score (nSPS) is 22.6. The highest BCUT2D eigenvalue weighted by Gasteiger charge is 2.49. The monoisotopic (exact) mass is 617 g/mol. The number of amides is 1. The molecule has 0 saturated carbocycles. The number of hydrogen-bond acceptors (Lipinski definition) is 10. The van der Waals surface area contributed by atoms with Crippen LogP contribution in [-0.2, 0) is 4.74 Å². The first kappa shape index (κ1) is 29.5. The van der Waals surface area contributed by atoms with Gasteiger partial charge in [0.2, 0.25) is 5.88 Å². The van der Waals surface area contributed by atoms with Crippen molar-refractivity contribution < 1.29 is 27.8 Å². The zero-order chi connectivity index (χ0) is 30.5. The molecule has 43 heavy (non-hydrogen) atoms. The lowest BCUT2D eigenvalue weighted by molar-refractivity contribution is 0.0635. The molecule has 2 saturated heterocycles. The third kappa shape index (κ3) is 5.72. The minimum Gasteiger partial charge on any atom is -0.475 e. The van der Waals surface area contributed by atoms with Gasteiger partial charge in [0.05, 0.1) is 18.1 Å². The Morgan fingerprint density at radius 3 is 2.91 bits per heavy atom. The molecular weight excluding hydrogens is 584 g/mol. The Hall–Kier alpha value is -3.58. The van der Waals surface area contributed by atoms with E-state index >= 15 is 4.39 Å². The van der Waals surface area contributed by atoms with Crippen molar-refractivity contribution in [2.45, 2.75) is 70.3 Å². The molecule has 3 aromatic heterocycles. The van der Waals surface area contributed by atoms with Gasteiger partial charge in [-0.2, -0.15) is 15.0 Å². The van der Waals surface area contributed by atoms with Crippen molar-refractivity contribution in [2.75, 3.05) is 43.1 Å². The highest BCUT2D eigenvalue weighted by molar-refractivity contribution is 6.30. The van der Waals surface area contributed by atoms with E-state index < -0.39 is 35.3 Å². The number of nitrogens with one attached hydrogen (secondary N) is 1. The quantitative estimate of drug-likeness (QED) is 0.357. The van der Waals surface area contributed by atoms with Gasteiger partial charge in [0.1, 0.15) is 47.5 Å². The van der Waals surface area contributed by atoms with Crippen molar-refractivity contribution >= 4 is 40.2 Å². The van der Waals surface area contributed by atoms with Crippen molar-refractivity contribution in [1.29, 1.82) is 0 Å². The van der Waals surface area contributed by atoms with Crippen LogP contribution in [0.2, 0.25) is 5.15 Å². The maximum atomic E-state index is 15.5. The maximum absolute atomic E-state index is 15.5. The lowest BCUT2D eigenvalue weighted by Crippen LogP contribution is -2.43. The van der Waals surface area contributed by atoms with Crippen LogP contribution in [0.1, 0.15) is 58.6 Å². The van der Waals surface area contributed by atoms with E-state index in [2.05, 4.69) is 25.2 Å². The standard InChI is InChI=1S/C29H34ClF2N7O4/c1-16(18-7-5-9-33-23(18)36-27(40)43-28(2,3)4)39-11-12-41-25-19-21(20(32)22(30)35-25)34-26(37-24(19)39)42-15-29-8-6-10-38(29)14-17(31)13-29/h5,7,9,16-17H,6,8,10-15H2,1-4H3,(H,33,36,40)/t16-,17-,29?/m1/s1. The number of ether oxygens (including phenoxy) is 3. The Labute approximate surface area is 252 Å². The number of rotatable bonds is 6. The van der Waals surface area contributed by atoms with E-state index in [1.54, 1.807) is 33.0 Å². The number of carbonyl (C=O) groups is 1. The maximum Gasteiger partial charge on any atom is 0.413 e. The predicted molar refractivity (Wildman–Crippen MR) is 156 cm³/mol. The fourth-order valence-electron chi connectivity index (χ4n) is 6.25. The first-order valence-corrected chi connectivity index (χ1v) is 14.7. The zero-order valence-electron chi connectivity index (χ0n) is 24.5. The molecule has 1 unspecified atom stereocenters. The molecule has 2 fully saturated rings. The van der Waals surface area contributed by atoms with Gasteiger partial charge in [-0.25, -0.2) is 18.6 Å². The van der Waals surface area contributed by atoms with Gasteiger partial charge in [0.25, 0.3) is 0 Å². The van der Waals surface area contributed by atoms with Crippen LogP contribution < -0.4 is 19.7 Å². The second kappa shape index (κ2) is 11.2. The van der Waals surface area contributed by atoms with E-state index in [1.807, 2.05) is 17.9 Å². The summed E-state index contributed by atoms with van der Waals surface area (Å²) in [6.07, 6.45) is 2.12. The summed E-state index contributed by atoms with van der Waals surface area (Å²) in [5, 5.41) is 2.60. The molecular formula is C29H34ClF2N7O4. The molecule has 0 spiro atoms. The van der Waals surface area contributed by atoms with Crippen LogP contribution in [-0.4, -0.2) is 81.1 Å². The molecule has 1 amide bonds. The zero-order valence-corrected chi connectivity index (χ0v) is 25.2. The summed E-state index contributed by atoms with van der Waals surface area (Å²) in [5.74, 6) is -0.0939. The molecule has 0 bridgehead atoms. The summed E-state index contributed by atoms with van der Waals surface area (Å²) in [6, 6.07) is 3.08. The smallest absolute Gasteiger partial charge is 0.413 e. The van der Waals surface area contributed by atoms with E-state index in [4.69, 9.17) is 30.8 Å². The average molecular weight is 618 g/mol. The Kier molecular flexibility index (Phi) is 7.66. The Bertz CT molecular complexity index is 1560. The lowest BCUT2D eigenvalue weighted by atomic mass is 9.95. The summed E-state index contributed by atoms with van der Waals surface area (Å²) >= 11 is 6.14. The van der Waals surface area contributed by atoms with Crippen molar-refractivity contribution in [2.24, 2.45) is 0 Å². The highest BCUT2D eigenvalue weighted by atomic mass is 35.5. The minimum absolute atomic E-state index is 0.0597. The van der Waals surface area contributed by atoms with Crippen LogP contribution in [0.4, 0.5) is 25.2 Å². The number of hydrogen-bond donors (Lipinski definition) is 1. The molecule has 14 heteroatoms. The van der Waals surface area contributed by atoms with E-state index in [1.165, 1.54) is 0 Å². The van der Waals surface area contributed by atoms with Crippen molar-refractivity contribution in [3.05, 3.63) is 34.9 Å². The first-order valence-electron chi connectivity index (χ1n) is 14.4. The number of alkyl halides is 1. The number of fused-ring (bicyclic) bond motifs is 1. The number of carbonyl (C=O) groups excluding carboxylic acids is 1. The summed E-state index contributed by atoms with van der Waals surface area (Å²) < 4.78 is 47.3. The van der Waals surface area contributed by atoms with E-state index in [-0.39, 0.29) is 41.2 Å². The van der Waals surface area contributed by atoms with Crippen LogP contribution in [0.5, 0.6) is 11.9 Å². The van der Waals surface area contributed by atoms with Gasteiger partial charge in [0.15, 0.2) is 11.0 Å². The Morgan fingerprint density at radius 1 is 1.30 bits per heavy atom. The average Bonchev–Trinajstić information content (AvgIpc) is 3.40. The Morgan fingerprint density at radius 2 is 2.12 bits per heavy atom. The molecule has 6 rings (SSSR count). The minimum atomic E-state index is -0.924. The number of aromatic nitrogens is 4. The van der Waals surface area contributed by atoms with Crippen LogP contribution in [0, 0.1) is 5.82 Å². The number of anilines is 2. The SMILES string of the molecule is C[C@H](c1cccnc1NC(=O)OC(C)(C)C)N1CCOc2nc(Cl)c(F)c3nc(OCC45CCCN4C[C@H](F)C5)nc1c23. The van der Waals surface area contributed by atoms with Gasteiger partial charge in [-0.3, -0.25) is 10.2 Å². The third-order valence-electron chi connectivity index (χ3n) is 8.12. The molecule has 0 radical (unpaired) electrons. The highest BCUT2D eigenvalue weighted by Crippen LogP contribution is 2.43. The topological polar surface area (TPSA) is 115 Å². The largest absolute Gasteiger partial charge is 0.475 e. The molecule has 0 aromatic carbocycles. The summed E-state index contributed by atoms with van der Waals surface area (Å²) in [6.45, 7) is 9.09. The lowest BCUT2D eigenvalue weighted by Gasteiger charge is -2.32. The van der Waals surface area contributed by atoms with E-state index in [0.29, 0.717) is 36.7 Å². The molecule has 0 aliphatic carbocycles. The summed E-state index contributed by atoms with van der Waals surface area (Å²) in [7, 11) is 0. The molecule has 11 nitrogen and oxygen atoms in total. The molecule has 3 aliphatic heterocycles. The fourth-order valence-corrected chi connectivity index (χ4v) is 6.42.